The second-order valence-corrected chi connectivity index (χ2v) is 10.8. The number of carbonyl (C=O) groups is 3. The molecule has 3 aliphatic heterocycles. The molecule has 0 saturated carbocycles. The number of anilines is 1. The molecule has 3 unspecified atom stereocenters. The Kier molecular flexibility index (Phi) is 7.86. The number of halogens is 2. The number of aliphatic hydroxyl groups excluding tert-OH is 1. The number of ether oxygens (including phenoxy) is 1. The van der Waals surface area contributed by atoms with Crippen molar-refractivity contribution in [3.05, 3.63) is 29.3 Å². The van der Waals surface area contributed by atoms with E-state index in [1.165, 1.54) is 0 Å². The molecule has 2 bridgehead atoms. The van der Waals surface area contributed by atoms with Crippen molar-refractivity contribution in [3.8, 4) is 0 Å². The molecule has 3 fully saturated rings. The third kappa shape index (κ3) is 4.36. The average Bonchev–Trinajstić information content (AvgIpc) is 3.40. The summed E-state index contributed by atoms with van der Waals surface area (Å²) in [4.78, 5) is 42.0. The van der Waals surface area contributed by atoms with Crippen LogP contribution in [0.4, 0.5) is 5.69 Å². The van der Waals surface area contributed by atoms with Gasteiger partial charge in [-0.05, 0) is 44.2 Å². The summed E-state index contributed by atoms with van der Waals surface area (Å²) in [5.41, 5.74) is -0.631. The maximum atomic E-state index is 13.8. The number of amides is 3. The number of benzene rings is 1. The first kappa shape index (κ1) is 25.4. The number of hydrogen-bond donors (Lipinski definition) is 3. The molecular weight excluding hydrogens is 526 g/mol. The van der Waals surface area contributed by atoms with E-state index in [9.17, 15) is 14.4 Å². The molecule has 3 amide bonds. The number of fused-ring (bicyclic) bond motifs is 1. The lowest BCUT2D eigenvalue weighted by atomic mass is 9.70. The Labute approximate surface area is 212 Å². The van der Waals surface area contributed by atoms with Crippen molar-refractivity contribution in [1.82, 2.24) is 10.2 Å². The summed E-state index contributed by atoms with van der Waals surface area (Å²) in [7, 11) is 0. The Hall–Kier alpha value is -1.68. The molecule has 1 aromatic rings. The molecule has 3 saturated heterocycles. The van der Waals surface area contributed by atoms with Crippen molar-refractivity contribution < 1.29 is 24.2 Å². The van der Waals surface area contributed by atoms with Crippen molar-refractivity contribution >= 4 is 50.9 Å². The van der Waals surface area contributed by atoms with Crippen LogP contribution in [0.2, 0.25) is 5.02 Å². The maximum absolute atomic E-state index is 13.8. The maximum Gasteiger partial charge on any atom is 0.250 e. The van der Waals surface area contributed by atoms with Gasteiger partial charge in [0.1, 0.15) is 11.6 Å². The molecule has 0 radical (unpaired) electrons. The minimum Gasteiger partial charge on any atom is -0.396 e. The predicted octanol–water partition coefficient (Wildman–Crippen LogP) is 2.72. The van der Waals surface area contributed by atoms with E-state index >= 15 is 0 Å². The highest BCUT2D eigenvalue weighted by atomic mass is 79.9. The van der Waals surface area contributed by atoms with E-state index in [2.05, 4.69) is 26.6 Å². The molecule has 0 aromatic heterocycles. The van der Waals surface area contributed by atoms with Gasteiger partial charge in [0.05, 0.1) is 28.6 Å². The first-order valence-corrected chi connectivity index (χ1v) is 13.2. The van der Waals surface area contributed by atoms with Gasteiger partial charge in [-0.25, -0.2) is 0 Å². The van der Waals surface area contributed by atoms with Crippen LogP contribution < -0.4 is 10.6 Å². The Morgan fingerprint density at radius 1 is 1.26 bits per heavy atom. The van der Waals surface area contributed by atoms with E-state index in [4.69, 9.17) is 21.4 Å². The zero-order chi connectivity index (χ0) is 24.5. The van der Waals surface area contributed by atoms with Crippen LogP contribution in [0.15, 0.2) is 24.3 Å². The van der Waals surface area contributed by atoms with Crippen LogP contribution >= 0.6 is 27.5 Å². The van der Waals surface area contributed by atoms with Crippen molar-refractivity contribution in [1.29, 1.82) is 0 Å². The highest BCUT2D eigenvalue weighted by Gasteiger charge is 2.76. The Bertz CT molecular complexity index is 949. The van der Waals surface area contributed by atoms with Gasteiger partial charge in [-0.3, -0.25) is 14.4 Å². The predicted molar refractivity (Wildman–Crippen MR) is 132 cm³/mol. The van der Waals surface area contributed by atoms with Crippen LogP contribution in [-0.4, -0.2) is 70.0 Å². The number of rotatable bonds is 10. The molecule has 6 atom stereocenters. The van der Waals surface area contributed by atoms with Crippen molar-refractivity contribution in [3.63, 3.8) is 0 Å². The largest absolute Gasteiger partial charge is 0.396 e. The number of nitrogens with one attached hydrogen (secondary N) is 2. The molecule has 3 aliphatic rings. The highest BCUT2D eigenvalue weighted by Crippen LogP contribution is 2.60. The molecule has 34 heavy (non-hydrogen) atoms. The van der Waals surface area contributed by atoms with Crippen LogP contribution in [0.1, 0.15) is 39.0 Å². The fraction of sp³-hybridized carbons (Fsp3) is 0.625. The van der Waals surface area contributed by atoms with E-state index in [1.807, 2.05) is 6.92 Å². The Morgan fingerprint density at radius 3 is 2.74 bits per heavy atom. The second-order valence-electron chi connectivity index (χ2n) is 9.24. The summed E-state index contributed by atoms with van der Waals surface area (Å²) in [5, 5.41) is 15.3. The van der Waals surface area contributed by atoms with Crippen LogP contribution in [0.3, 0.4) is 0 Å². The van der Waals surface area contributed by atoms with Gasteiger partial charge < -0.3 is 25.4 Å². The molecule has 10 heteroatoms. The zero-order valence-electron chi connectivity index (χ0n) is 19.1. The van der Waals surface area contributed by atoms with Gasteiger partial charge in [-0.1, -0.05) is 46.6 Å². The van der Waals surface area contributed by atoms with E-state index in [1.54, 1.807) is 29.2 Å². The molecule has 186 valence electrons. The van der Waals surface area contributed by atoms with Crippen LogP contribution in [0.25, 0.3) is 0 Å². The topological polar surface area (TPSA) is 108 Å². The molecular formula is C24H31BrClN3O5. The van der Waals surface area contributed by atoms with Gasteiger partial charge in [-0.15, -0.1) is 0 Å². The van der Waals surface area contributed by atoms with Crippen molar-refractivity contribution in [2.45, 2.75) is 61.6 Å². The third-order valence-electron chi connectivity index (χ3n) is 7.08. The second kappa shape index (κ2) is 10.5. The Morgan fingerprint density at radius 2 is 2.03 bits per heavy atom. The van der Waals surface area contributed by atoms with Crippen molar-refractivity contribution in [2.75, 3.05) is 25.0 Å². The molecule has 1 aromatic carbocycles. The molecule has 3 N–H and O–H groups in total. The smallest absolute Gasteiger partial charge is 0.250 e. The third-order valence-corrected chi connectivity index (χ3v) is 8.25. The summed E-state index contributed by atoms with van der Waals surface area (Å²) in [6, 6.07) is 6.05. The van der Waals surface area contributed by atoms with Crippen LogP contribution in [0.5, 0.6) is 0 Å². The molecule has 8 nitrogen and oxygen atoms in total. The molecule has 4 rings (SSSR count). The van der Waals surface area contributed by atoms with Gasteiger partial charge in [0.25, 0.3) is 0 Å². The first-order chi connectivity index (χ1) is 16.4. The fourth-order valence-corrected chi connectivity index (χ4v) is 6.80. The lowest BCUT2D eigenvalue weighted by Crippen LogP contribution is -2.54. The normalized spacial score (nSPS) is 31.6. The van der Waals surface area contributed by atoms with Gasteiger partial charge >= 0.3 is 0 Å². The molecule has 1 spiro atoms. The average molecular weight is 557 g/mol. The molecule has 3 heterocycles. The molecule has 0 aliphatic carbocycles. The van der Waals surface area contributed by atoms with Crippen molar-refractivity contribution in [2.24, 2.45) is 11.8 Å². The monoisotopic (exact) mass is 555 g/mol. The summed E-state index contributed by atoms with van der Waals surface area (Å²) >= 11 is 9.93. The fourth-order valence-electron chi connectivity index (χ4n) is 5.67. The zero-order valence-corrected chi connectivity index (χ0v) is 21.5. The number of hydrogen-bond acceptors (Lipinski definition) is 5. The van der Waals surface area contributed by atoms with Crippen LogP contribution in [0, 0.1) is 11.8 Å². The number of alkyl halides is 1. The van der Waals surface area contributed by atoms with Gasteiger partial charge in [-0.2, -0.15) is 0 Å². The standard InChI is InChI=1S/C24H31BrClN3O5/c1-2-10-27-21(31)17-18-23(33)29(11-6-3-7-12-30)20(24(18)13-14(25)19(17)34-24)22(32)28-16-9-5-4-8-15(16)26/h4-5,8-9,14,17-20,30H,2-3,6-7,10-13H2,1H3,(H,27,31)(H,28,32)/t14?,17-,18+,19-,20?,24?/m1/s1. The Balaban J connectivity index is 1.67. The van der Waals surface area contributed by atoms with Gasteiger partial charge in [0.15, 0.2) is 0 Å². The van der Waals surface area contributed by atoms with E-state index in [-0.39, 0.29) is 29.2 Å². The number of aliphatic hydroxyl groups is 1. The van der Waals surface area contributed by atoms with E-state index in [0.29, 0.717) is 43.1 Å². The SMILES string of the molecule is CCCNC(=O)[C@H]1[C@@H]2OC3(CC2Br)C(C(=O)Nc2ccccc2Cl)N(CCCCCO)C(=O)[C@H]13. The lowest BCUT2D eigenvalue weighted by molar-refractivity contribution is -0.140. The quantitative estimate of drug-likeness (QED) is 0.303. The summed E-state index contributed by atoms with van der Waals surface area (Å²) in [6.07, 6.45) is 2.75. The van der Waals surface area contributed by atoms with Gasteiger partial charge in [0.2, 0.25) is 17.7 Å². The first-order valence-electron chi connectivity index (χ1n) is 11.9. The number of likely N-dealkylation sites (tertiary alicyclic amines) is 1. The highest BCUT2D eigenvalue weighted by molar-refractivity contribution is 9.09. The van der Waals surface area contributed by atoms with Crippen LogP contribution in [-0.2, 0) is 19.1 Å². The minimum atomic E-state index is -1.09. The summed E-state index contributed by atoms with van der Waals surface area (Å²) in [5.74, 6) is -2.18. The number of carbonyl (C=O) groups excluding carboxylic acids is 3. The number of unbranched alkanes of at least 4 members (excludes halogenated alkanes) is 2. The number of para-hydroxylation sites is 1. The van der Waals surface area contributed by atoms with E-state index in [0.717, 1.165) is 12.8 Å². The summed E-state index contributed by atoms with van der Waals surface area (Å²) in [6.45, 7) is 2.91. The van der Waals surface area contributed by atoms with Gasteiger partial charge in [0, 0.05) is 24.5 Å². The lowest BCUT2D eigenvalue weighted by Gasteiger charge is -2.34. The number of nitrogens with zero attached hydrogens (tertiary/aromatic N) is 1. The summed E-state index contributed by atoms with van der Waals surface area (Å²) < 4.78 is 6.44. The minimum absolute atomic E-state index is 0.0761. The van der Waals surface area contributed by atoms with E-state index < -0.39 is 29.6 Å².